The van der Waals surface area contributed by atoms with Crippen LogP contribution in [0.15, 0.2) is 77.3 Å². The second-order valence-electron chi connectivity index (χ2n) is 9.01. The van der Waals surface area contributed by atoms with E-state index in [0.29, 0.717) is 28.2 Å². The van der Waals surface area contributed by atoms with Crippen LogP contribution in [0.4, 0.5) is 5.69 Å². The molecule has 2 aliphatic rings. The minimum Gasteiger partial charge on any atom is -0.455 e. The van der Waals surface area contributed by atoms with Crippen molar-refractivity contribution >= 4 is 38.9 Å². The van der Waals surface area contributed by atoms with Crippen molar-refractivity contribution in [1.29, 1.82) is 0 Å². The van der Waals surface area contributed by atoms with Crippen LogP contribution < -0.4 is 13.8 Å². The molecule has 0 bridgehead atoms. The molecule has 0 aromatic heterocycles. The molecule has 2 heterocycles. The van der Waals surface area contributed by atoms with Gasteiger partial charge in [-0.2, -0.15) is 0 Å². The van der Waals surface area contributed by atoms with Crippen molar-refractivity contribution in [3.63, 3.8) is 0 Å². The molecule has 0 N–H and O–H groups in total. The molecule has 35 heavy (non-hydrogen) atoms. The average Bonchev–Trinajstić information content (AvgIpc) is 3.26. The minimum atomic E-state index is -4.23. The molecule has 0 amide bonds. The number of nitrogens with zero attached hydrogens (tertiary/aromatic N) is 1. The Kier molecular flexibility index (Phi) is 5.53. The zero-order valence-corrected chi connectivity index (χ0v) is 20.8. The third-order valence-electron chi connectivity index (χ3n) is 5.44. The molecule has 2 aliphatic heterocycles. The van der Waals surface area contributed by atoms with Gasteiger partial charge in [0.15, 0.2) is 17.2 Å². The molecule has 0 fully saturated rings. The summed E-state index contributed by atoms with van der Waals surface area (Å²) in [4.78, 5) is 13.8. The van der Waals surface area contributed by atoms with Crippen LogP contribution in [0, 0.1) is 0 Å². The maximum atomic E-state index is 14.0. The van der Waals surface area contributed by atoms with Crippen LogP contribution in [-0.2, 0) is 19.6 Å². The van der Waals surface area contributed by atoms with E-state index in [4.69, 9.17) is 25.8 Å². The van der Waals surface area contributed by atoms with Gasteiger partial charge in [-0.15, -0.1) is 0 Å². The quantitative estimate of drug-likeness (QED) is 0.439. The van der Waals surface area contributed by atoms with Gasteiger partial charge in [-0.05, 0) is 56.7 Å². The van der Waals surface area contributed by atoms with Crippen molar-refractivity contribution in [2.45, 2.75) is 31.3 Å². The van der Waals surface area contributed by atoms with Crippen molar-refractivity contribution in [2.24, 2.45) is 0 Å². The van der Waals surface area contributed by atoms with Crippen LogP contribution >= 0.6 is 11.6 Å². The van der Waals surface area contributed by atoms with Gasteiger partial charge in [-0.3, -0.25) is 0 Å². The summed E-state index contributed by atoms with van der Waals surface area (Å²) in [7, 11) is -4.23. The summed E-state index contributed by atoms with van der Waals surface area (Å²) >= 11 is 6.47. The van der Waals surface area contributed by atoms with E-state index < -0.39 is 21.6 Å². The lowest BCUT2D eigenvalue weighted by Crippen LogP contribution is -2.40. The first-order valence-corrected chi connectivity index (χ1v) is 12.7. The maximum Gasteiger partial charge on any atom is 0.357 e. The number of ether oxygens (including phenoxy) is 3. The van der Waals surface area contributed by atoms with Crippen LogP contribution in [0.25, 0.3) is 5.57 Å². The SMILES string of the molecule is CC(C)(C)OC(=O)C1=C(c2ccc3c(c2)OCO3)c2ccccc2S(=O)(=O)N1c1ccccc1Cl. The predicted octanol–water partition coefficient (Wildman–Crippen LogP) is 5.38. The molecule has 7 nitrogen and oxygen atoms in total. The van der Waals surface area contributed by atoms with E-state index in [1.807, 2.05) is 0 Å². The molecule has 0 saturated heterocycles. The third kappa shape index (κ3) is 4.02. The molecular weight excluding hydrogens is 490 g/mol. The molecule has 0 saturated carbocycles. The van der Waals surface area contributed by atoms with Gasteiger partial charge in [0.25, 0.3) is 10.0 Å². The Hall–Kier alpha value is -3.49. The molecule has 180 valence electrons. The highest BCUT2D eigenvalue weighted by Crippen LogP contribution is 2.46. The molecule has 3 aromatic rings. The van der Waals surface area contributed by atoms with Crippen LogP contribution in [-0.4, -0.2) is 26.8 Å². The third-order valence-corrected chi connectivity index (χ3v) is 7.53. The predicted molar refractivity (Wildman–Crippen MR) is 132 cm³/mol. The number of para-hydroxylation sites is 1. The van der Waals surface area contributed by atoms with Crippen LogP contribution in [0.5, 0.6) is 11.5 Å². The molecule has 0 radical (unpaired) electrons. The second-order valence-corrected chi connectivity index (χ2v) is 11.2. The highest BCUT2D eigenvalue weighted by atomic mass is 35.5. The van der Waals surface area contributed by atoms with Crippen molar-refractivity contribution in [3.05, 3.63) is 88.6 Å². The summed E-state index contributed by atoms with van der Waals surface area (Å²) in [6.07, 6.45) is 0. The van der Waals surface area contributed by atoms with E-state index in [2.05, 4.69) is 0 Å². The number of benzene rings is 3. The van der Waals surface area contributed by atoms with Gasteiger partial charge in [0.1, 0.15) is 5.60 Å². The van der Waals surface area contributed by atoms with Crippen LogP contribution in [0.2, 0.25) is 5.02 Å². The van der Waals surface area contributed by atoms with E-state index in [0.717, 1.165) is 4.31 Å². The number of esters is 1. The summed E-state index contributed by atoms with van der Waals surface area (Å²) in [5.74, 6) is 0.254. The Balaban J connectivity index is 1.89. The number of carbonyl (C=O) groups excluding carboxylic acids is 1. The molecule has 9 heteroatoms. The first-order valence-electron chi connectivity index (χ1n) is 10.8. The van der Waals surface area contributed by atoms with E-state index in [9.17, 15) is 13.2 Å². The number of sulfonamides is 1. The maximum absolute atomic E-state index is 14.0. The zero-order chi connectivity index (χ0) is 25.0. The normalized spacial score (nSPS) is 16.2. The Morgan fingerprint density at radius 3 is 2.40 bits per heavy atom. The number of fused-ring (bicyclic) bond motifs is 2. The largest absolute Gasteiger partial charge is 0.455 e. The number of rotatable bonds is 3. The Morgan fingerprint density at radius 1 is 0.971 bits per heavy atom. The van der Waals surface area contributed by atoms with Gasteiger partial charge in [-0.1, -0.05) is 48.0 Å². The van der Waals surface area contributed by atoms with Crippen molar-refractivity contribution in [1.82, 2.24) is 0 Å². The zero-order valence-electron chi connectivity index (χ0n) is 19.2. The molecule has 5 rings (SSSR count). The number of anilines is 1. The van der Waals surface area contributed by atoms with Crippen LogP contribution in [0.3, 0.4) is 0 Å². The Labute approximate surface area is 208 Å². The highest BCUT2D eigenvalue weighted by molar-refractivity contribution is 7.93. The summed E-state index contributed by atoms with van der Waals surface area (Å²) in [6.45, 7) is 5.23. The van der Waals surface area contributed by atoms with E-state index in [1.165, 1.54) is 6.07 Å². The highest BCUT2D eigenvalue weighted by Gasteiger charge is 2.43. The van der Waals surface area contributed by atoms with Crippen molar-refractivity contribution < 1.29 is 27.4 Å². The average molecular weight is 512 g/mol. The summed E-state index contributed by atoms with van der Waals surface area (Å²) < 4.78 is 45.6. The fourth-order valence-corrected chi connectivity index (χ4v) is 6.06. The molecule has 0 atom stereocenters. The lowest BCUT2D eigenvalue weighted by atomic mass is 9.94. The van der Waals surface area contributed by atoms with Gasteiger partial charge in [-0.25, -0.2) is 17.5 Å². The monoisotopic (exact) mass is 511 g/mol. The fourth-order valence-electron chi connectivity index (χ4n) is 4.07. The molecule has 0 spiro atoms. The second kappa shape index (κ2) is 8.32. The van der Waals surface area contributed by atoms with Gasteiger partial charge in [0, 0.05) is 11.1 Å². The smallest absolute Gasteiger partial charge is 0.357 e. The van der Waals surface area contributed by atoms with Crippen molar-refractivity contribution in [2.75, 3.05) is 11.1 Å². The lowest BCUT2D eigenvalue weighted by Gasteiger charge is -2.35. The first kappa shape index (κ1) is 23.3. The van der Waals surface area contributed by atoms with Crippen molar-refractivity contribution in [3.8, 4) is 11.5 Å². The molecule has 0 unspecified atom stereocenters. The minimum absolute atomic E-state index is 0.0416. The van der Waals surface area contributed by atoms with E-state index in [1.54, 1.807) is 81.4 Å². The van der Waals surface area contributed by atoms with Gasteiger partial charge >= 0.3 is 5.97 Å². The number of hydrogen-bond acceptors (Lipinski definition) is 6. The lowest BCUT2D eigenvalue weighted by molar-refractivity contribution is -0.149. The number of carbonyl (C=O) groups is 1. The first-order chi connectivity index (χ1) is 16.6. The summed E-state index contributed by atoms with van der Waals surface area (Å²) in [5, 5.41) is 0.168. The van der Waals surface area contributed by atoms with Crippen LogP contribution in [0.1, 0.15) is 31.9 Å². The number of halogens is 1. The Morgan fingerprint density at radius 2 is 1.66 bits per heavy atom. The van der Waals surface area contributed by atoms with E-state index in [-0.39, 0.29) is 28.1 Å². The Bertz CT molecular complexity index is 1490. The number of hydrogen-bond donors (Lipinski definition) is 0. The molecule has 3 aromatic carbocycles. The van der Waals surface area contributed by atoms with Gasteiger partial charge < -0.3 is 14.2 Å². The summed E-state index contributed by atoms with van der Waals surface area (Å²) in [5.41, 5.74) is 0.415. The fraction of sp³-hybridized carbons (Fsp3) is 0.192. The van der Waals surface area contributed by atoms with Gasteiger partial charge in [0.05, 0.1) is 15.6 Å². The standard InChI is InChI=1S/C26H22ClNO6S/c1-26(2,3)34-25(29)24-23(16-12-13-20-21(14-16)33-15-32-20)17-8-4-7-11-22(17)35(30,31)28(24)19-10-6-5-9-18(19)27/h4-14H,15H2,1-3H3. The van der Waals surface area contributed by atoms with Gasteiger partial charge in [0.2, 0.25) is 6.79 Å². The molecular formula is C26H22ClNO6S. The van der Waals surface area contributed by atoms with E-state index >= 15 is 0 Å². The molecule has 0 aliphatic carbocycles. The summed E-state index contributed by atoms with van der Waals surface area (Å²) in [6, 6.07) is 18.2. The topological polar surface area (TPSA) is 82.1 Å².